The van der Waals surface area contributed by atoms with E-state index < -0.39 is 46.8 Å². The molecule has 0 aliphatic rings. The van der Waals surface area contributed by atoms with Gasteiger partial charge in [0.25, 0.3) is 0 Å². The van der Waals surface area contributed by atoms with E-state index in [1.807, 2.05) is 0 Å². The number of halogens is 4. The van der Waals surface area contributed by atoms with Crippen LogP contribution >= 0.6 is 0 Å². The minimum atomic E-state index is -4.47. The van der Waals surface area contributed by atoms with E-state index in [0.29, 0.717) is 6.07 Å². The van der Waals surface area contributed by atoms with Gasteiger partial charge in [-0.15, -0.1) is 0 Å². The molecule has 0 radical (unpaired) electrons. The maximum atomic E-state index is 12.6. The molecule has 1 aromatic rings. The molecule has 0 fully saturated rings. The quantitative estimate of drug-likeness (QED) is 0.495. The van der Waals surface area contributed by atoms with Gasteiger partial charge in [0.15, 0.2) is 12.4 Å². The number of carboxylic acid groups (broad SMARTS) is 1. The Morgan fingerprint density at radius 2 is 2.05 bits per heavy atom. The van der Waals surface area contributed by atoms with Gasteiger partial charge in [0, 0.05) is 6.07 Å². The Morgan fingerprint density at radius 3 is 2.50 bits per heavy atom. The van der Waals surface area contributed by atoms with Crippen LogP contribution in [0.5, 0.6) is 5.75 Å². The molecule has 1 rings (SSSR count). The second kappa shape index (κ2) is 5.72. The van der Waals surface area contributed by atoms with E-state index in [0.717, 1.165) is 12.1 Å². The Morgan fingerprint density at radius 1 is 1.45 bits per heavy atom. The van der Waals surface area contributed by atoms with Crippen LogP contribution in [0.2, 0.25) is 0 Å². The van der Waals surface area contributed by atoms with Crippen molar-refractivity contribution in [1.29, 1.82) is 0 Å². The number of carboxylic acids is 1. The number of ether oxygens (including phenoxy) is 1. The van der Waals surface area contributed by atoms with Crippen molar-refractivity contribution in [2.24, 2.45) is 0 Å². The number of nitro benzene ring substituents is 1. The Hall–Kier alpha value is -2.39. The first-order valence-electron chi connectivity index (χ1n) is 4.95. The molecule has 6 nitrogen and oxygen atoms in total. The first-order chi connectivity index (χ1) is 9.15. The Kier molecular flexibility index (Phi) is 4.48. The van der Waals surface area contributed by atoms with Gasteiger partial charge >= 0.3 is 24.0 Å². The van der Waals surface area contributed by atoms with Crippen LogP contribution in [-0.4, -0.2) is 35.0 Å². The molecule has 0 saturated heterocycles. The topological polar surface area (TPSA) is 89.7 Å². The fraction of sp³-hybridized carbons (Fsp3) is 0.300. The summed E-state index contributed by atoms with van der Waals surface area (Å²) >= 11 is 0. The summed E-state index contributed by atoms with van der Waals surface area (Å²) in [5.74, 6) is -6.67. The van der Waals surface area contributed by atoms with Crippen molar-refractivity contribution in [3.63, 3.8) is 0 Å². The average Bonchev–Trinajstić information content (AvgIpc) is 2.35. The number of alkyl halides is 4. The molecule has 0 aromatic heterocycles. The zero-order chi connectivity index (χ0) is 15.5. The van der Waals surface area contributed by atoms with E-state index in [4.69, 9.17) is 5.11 Å². The zero-order valence-corrected chi connectivity index (χ0v) is 9.56. The molecular weight excluding hydrogens is 290 g/mol. The van der Waals surface area contributed by atoms with Crippen LogP contribution in [0.3, 0.4) is 0 Å². The molecule has 0 heterocycles. The second-order valence-electron chi connectivity index (χ2n) is 3.60. The van der Waals surface area contributed by atoms with E-state index in [2.05, 4.69) is 4.74 Å². The summed E-state index contributed by atoms with van der Waals surface area (Å²) in [4.78, 5) is 20.2. The highest BCUT2D eigenvalue weighted by molar-refractivity contribution is 5.88. The Bertz CT molecular complexity index is 534. The van der Waals surface area contributed by atoms with Crippen molar-refractivity contribution in [3.8, 4) is 5.75 Å². The normalized spacial score (nSPS) is 11.4. The highest BCUT2D eigenvalue weighted by Crippen LogP contribution is 2.30. The third-order valence-corrected chi connectivity index (χ3v) is 2.14. The number of benzene rings is 1. The van der Waals surface area contributed by atoms with Gasteiger partial charge in [0.1, 0.15) is 0 Å². The van der Waals surface area contributed by atoms with Gasteiger partial charge in [0.05, 0.1) is 10.5 Å². The predicted molar refractivity (Wildman–Crippen MR) is 56.5 cm³/mol. The summed E-state index contributed by atoms with van der Waals surface area (Å²) in [7, 11) is 0. The summed E-state index contributed by atoms with van der Waals surface area (Å²) in [5, 5.41) is 19.3. The standard InChI is InChI=1S/C10H7F4NO5/c11-9(12)10(13,14)4-20-7-2-1-5(8(16)17)3-6(7)15(18)19/h1-3,9H,4H2,(H,16,17). The van der Waals surface area contributed by atoms with Gasteiger partial charge in [-0.2, -0.15) is 8.78 Å². The monoisotopic (exact) mass is 297 g/mol. The summed E-state index contributed by atoms with van der Waals surface area (Å²) < 4.78 is 53.4. The van der Waals surface area contributed by atoms with Crippen LogP contribution in [-0.2, 0) is 0 Å². The van der Waals surface area contributed by atoms with Crippen molar-refractivity contribution in [1.82, 2.24) is 0 Å². The van der Waals surface area contributed by atoms with Gasteiger partial charge in [0.2, 0.25) is 0 Å². The molecule has 0 bridgehead atoms. The van der Waals surface area contributed by atoms with Gasteiger partial charge in [-0.3, -0.25) is 10.1 Å². The third-order valence-electron chi connectivity index (χ3n) is 2.14. The predicted octanol–water partition coefficient (Wildman–Crippen LogP) is 2.57. The summed E-state index contributed by atoms with van der Waals surface area (Å²) in [5.41, 5.74) is -1.38. The minimum Gasteiger partial charge on any atom is -0.480 e. The van der Waals surface area contributed by atoms with Gasteiger partial charge in [-0.25, -0.2) is 13.6 Å². The van der Waals surface area contributed by atoms with Gasteiger partial charge in [-0.05, 0) is 12.1 Å². The van der Waals surface area contributed by atoms with Crippen LogP contribution in [0, 0.1) is 10.1 Å². The molecule has 0 aliphatic carbocycles. The number of nitro groups is 1. The van der Waals surface area contributed by atoms with Crippen LogP contribution in [0.1, 0.15) is 10.4 Å². The van der Waals surface area contributed by atoms with Crippen molar-refractivity contribution < 1.29 is 37.1 Å². The van der Waals surface area contributed by atoms with Crippen LogP contribution in [0.25, 0.3) is 0 Å². The molecule has 0 amide bonds. The Balaban J connectivity index is 3.01. The lowest BCUT2D eigenvalue weighted by atomic mass is 10.2. The van der Waals surface area contributed by atoms with Crippen LogP contribution < -0.4 is 4.74 Å². The first-order valence-corrected chi connectivity index (χ1v) is 4.95. The minimum absolute atomic E-state index is 0.468. The molecule has 20 heavy (non-hydrogen) atoms. The summed E-state index contributed by atoms with van der Waals surface area (Å²) in [6.45, 7) is -1.77. The number of rotatable bonds is 6. The molecule has 0 spiro atoms. The number of hydrogen-bond acceptors (Lipinski definition) is 4. The highest BCUT2D eigenvalue weighted by atomic mass is 19.3. The summed E-state index contributed by atoms with van der Waals surface area (Å²) in [6.07, 6.45) is -3.99. The lowest BCUT2D eigenvalue weighted by Gasteiger charge is -2.15. The molecule has 0 unspecified atom stereocenters. The fourth-order valence-corrected chi connectivity index (χ4v) is 1.15. The lowest BCUT2D eigenvalue weighted by Crippen LogP contribution is -2.33. The zero-order valence-electron chi connectivity index (χ0n) is 9.56. The van der Waals surface area contributed by atoms with Gasteiger partial charge in [-0.1, -0.05) is 0 Å². The average molecular weight is 297 g/mol. The number of aromatic carboxylic acids is 1. The molecule has 0 aliphatic heterocycles. The summed E-state index contributed by atoms with van der Waals surface area (Å²) in [6, 6.07) is 2.20. The highest BCUT2D eigenvalue weighted by Gasteiger charge is 2.42. The second-order valence-corrected chi connectivity index (χ2v) is 3.60. The van der Waals surface area contributed by atoms with E-state index in [1.54, 1.807) is 0 Å². The molecule has 1 N–H and O–H groups in total. The smallest absolute Gasteiger partial charge is 0.340 e. The SMILES string of the molecule is O=C(O)c1ccc(OCC(F)(F)C(F)F)c([N+](=O)[O-])c1. The molecule has 0 saturated carbocycles. The van der Waals surface area contributed by atoms with Gasteiger partial charge < -0.3 is 9.84 Å². The van der Waals surface area contributed by atoms with Crippen molar-refractivity contribution in [2.45, 2.75) is 12.3 Å². The molecule has 0 atom stereocenters. The van der Waals surface area contributed by atoms with E-state index in [-0.39, 0.29) is 0 Å². The largest absolute Gasteiger partial charge is 0.480 e. The first kappa shape index (κ1) is 15.7. The van der Waals surface area contributed by atoms with E-state index >= 15 is 0 Å². The van der Waals surface area contributed by atoms with Crippen LogP contribution in [0.15, 0.2) is 18.2 Å². The van der Waals surface area contributed by atoms with E-state index in [9.17, 15) is 32.5 Å². The fourth-order valence-electron chi connectivity index (χ4n) is 1.15. The number of nitrogens with zero attached hydrogens (tertiary/aromatic N) is 1. The number of carbonyl (C=O) groups is 1. The third kappa shape index (κ3) is 3.56. The maximum Gasteiger partial charge on any atom is 0.340 e. The van der Waals surface area contributed by atoms with Crippen molar-refractivity contribution in [3.05, 3.63) is 33.9 Å². The van der Waals surface area contributed by atoms with Crippen molar-refractivity contribution in [2.75, 3.05) is 6.61 Å². The molecule has 1 aromatic carbocycles. The van der Waals surface area contributed by atoms with E-state index in [1.165, 1.54) is 0 Å². The molecule has 10 heteroatoms. The number of hydrogen-bond donors (Lipinski definition) is 1. The van der Waals surface area contributed by atoms with Crippen molar-refractivity contribution >= 4 is 11.7 Å². The Labute approximate surface area is 108 Å². The molecular formula is C10H7F4NO5. The van der Waals surface area contributed by atoms with Crippen LogP contribution in [0.4, 0.5) is 23.2 Å². The lowest BCUT2D eigenvalue weighted by molar-refractivity contribution is -0.386. The maximum absolute atomic E-state index is 12.6. The molecule has 110 valence electrons.